The van der Waals surface area contributed by atoms with E-state index in [0.29, 0.717) is 12.5 Å². The summed E-state index contributed by atoms with van der Waals surface area (Å²) < 4.78 is 0. The van der Waals surface area contributed by atoms with Gasteiger partial charge in [0.05, 0.1) is 5.41 Å². The van der Waals surface area contributed by atoms with Crippen LogP contribution >= 0.6 is 0 Å². The van der Waals surface area contributed by atoms with Crippen LogP contribution in [0.4, 0.5) is 5.69 Å². The molecule has 4 nitrogen and oxygen atoms in total. The van der Waals surface area contributed by atoms with Gasteiger partial charge < -0.3 is 10.0 Å². The second-order valence-electron chi connectivity index (χ2n) is 8.94. The molecule has 0 aromatic heterocycles. The number of hydrogen-bond donors (Lipinski definition) is 1. The lowest BCUT2D eigenvalue weighted by Crippen LogP contribution is -2.50. The van der Waals surface area contributed by atoms with Crippen LogP contribution in [0.1, 0.15) is 49.1 Å². The first kappa shape index (κ1) is 18.7. The van der Waals surface area contributed by atoms with Gasteiger partial charge in [0.1, 0.15) is 0 Å². The van der Waals surface area contributed by atoms with Gasteiger partial charge in [0.15, 0.2) is 0 Å². The molecule has 2 heterocycles. The van der Waals surface area contributed by atoms with E-state index in [-0.39, 0.29) is 11.8 Å². The average Bonchev–Trinajstić information content (AvgIpc) is 3.24. The number of nitrogens with zero attached hydrogens (tertiary/aromatic N) is 2. The molecule has 2 aliphatic heterocycles. The predicted octanol–water partition coefficient (Wildman–Crippen LogP) is 4.33. The van der Waals surface area contributed by atoms with Crippen molar-refractivity contribution in [2.75, 3.05) is 31.1 Å². The summed E-state index contributed by atoms with van der Waals surface area (Å²) in [7, 11) is 0. The van der Waals surface area contributed by atoms with E-state index < -0.39 is 11.4 Å². The van der Waals surface area contributed by atoms with E-state index in [1.807, 2.05) is 25.1 Å². The predicted molar refractivity (Wildman–Crippen MR) is 116 cm³/mol. The summed E-state index contributed by atoms with van der Waals surface area (Å²) in [5.74, 6) is -0.572. The van der Waals surface area contributed by atoms with Crippen molar-refractivity contribution in [2.45, 2.75) is 44.1 Å². The Balaban J connectivity index is 1.45. The number of benzene rings is 2. The largest absolute Gasteiger partial charge is 0.481 e. The molecule has 3 aliphatic rings. The number of aliphatic carboxylic acids is 1. The van der Waals surface area contributed by atoms with Crippen molar-refractivity contribution in [2.24, 2.45) is 5.41 Å². The van der Waals surface area contributed by atoms with Gasteiger partial charge in [0.2, 0.25) is 0 Å². The lowest BCUT2D eigenvalue weighted by atomic mass is 9.94. The molecule has 0 spiro atoms. The number of piperazine rings is 1. The van der Waals surface area contributed by atoms with Crippen molar-refractivity contribution >= 4 is 11.7 Å². The molecule has 5 rings (SSSR count). The van der Waals surface area contributed by atoms with Gasteiger partial charge in [0, 0.05) is 43.2 Å². The molecule has 2 aromatic rings. The van der Waals surface area contributed by atoms with Gasteiger partial charge in [-0.25, -0.2) is 0 Å². The van der Waals surface area contributed by atoms with Gasteiger partial charge in [-0.05, 0) is 49.1 Å². The van der Waals surface area contributed by atoms with Crippen LogP contribution in [0.5, 0.6) is 0 Å². The van der Waals surface area contributed by atoms with Crippen LogP contribution in [0.15, 0.2) is 54.6 Å². The van der Waals surface area contributed by atoms with Gasteiger partial charge >= 0.3 is 5.97 Å². The third-order valence-electron chi connectivity index (χ3n) is 7.66. The number of fused-ring (bicyclic) bond motifs is 1. The minimum atomic E-state index is -0.690. The van der Waals surface area contributed by atoms with E-state index in [0.717, 1.165) is 25.2 Å². The zero-order chi connectivity index (χ0) is 20.0. The third kappa shape index (κ3) is 2.96. The van der Waals surface area contributed by atoms with Gasteiger partial charge in [-0.1, -0.05) is 49.4 Å². The first-order valence-corrected chi connectivity index (χ1v) is 11.0. The molecule has 4 atom stereocenters. The quantitative estimate of drug-likeness (QED) is 0.825. The molecule has 0 amide bonds. The van der Waals surface area contributed by atoms with E-state index in [4.69, 9.17) is 0 Å². The molecule has 1 N–H and O–H groups in total. The lowest BCUT2D eigenvalue weighted by Gasteiger charge is -2.39. The second-order valence-corrected chi connectivity index (χ2v) is 8.94. The number of carboxylic acids is 1. The standard InChI is InChI=1S/C25H30N2O2/c1-2-25(24(28)29)22(18-8-4-3-5-9-18)23(25)19-10-6-11-20(16-19)27-15-14-26-13-7-12-21(26)17-27/h3-6,8-11,16,21-23H,2,7,12-15,17H2,1H3,(H,28,29). The first-order valence-electron chi connectivity index (χ1n) is 11.0. The molecule has 4 unspecified atom stereocenters. The smallest absolute Gasteiger partial charge is 0.310 e. The zero-order valence-electron chi connectivity index (χ0n) is 17.1. The topological polar surface area (TPSA) is 43.8 Å². The number of carbonyl (C=O) groups is 1. The minimum Gasteiger partial charge on any atom is -0.481 e. The highest BCUT2D eigenvalue weighted by molar-refractivity contribution is 5.84. The molecule has 0 radical (unpaired) electrons. The molecule has 29 heavy (non-hydrogen) atoms. The second kappa shape index (κ2) is 7.17. The molecule has 152 valence electrons. The van der Waals surface area contributed by atoms with E-state index in [2.05, 4.69) is 46.2 Å². The number of hydrogen-bond acceptors (Lipinski definition) is 3. The highest BCUT2D eigenvalue weighted by Gasteiger charge is 2.69. The fourth-order valence-corrected chi connectivity index (χ4v) is 6.08. The normalized spacial score (nSPS) is 31.5. The summed E-state index contributed by atoms with van der Waals surface area (Å²) >= 11 is 0. The Morgan fingerprint density at radius 1 is 1.03 bits per heavy atom. The maximum absolute atomic E-state index is 12.4. The molecular formula is C25H30N2O2. The van der Waals surface area contributed by atoms with Crippen molar-refractivity contribution in [3.8, 4) is 0 Å². The Labute approximate surface area is 173 Å². The Hall–Kier alpha value is -2.33. The molecule has 1 saturated carbocycles. The highest BCUT2D eigenvalue weighted by atomic mass is 16.4. The van der Waals surface area contributed by atoms with Crippen molar-refractivity contribution in [1.29, 1.82) is 0 Å². The van der Waals surface area contributed by atoms with Crippen molar-refractivity contribution in [1.82, 2.24) is 4.90 Å². The average molecular weight is 391 g/mol. The van der Waals surface area contributed by atoms with Gasteiger partial charge in [0.25, 0.3) is 0 Å². The molecule has 2 aromatic carbocycles. The number of anilines is 1. The maximum atomic E-state index is 12.4. The summed E-state index contributed by atoms with van der Waals surface area (Å²) in [6, 6.07) is 19.6. The highest BCUT2D eigenvalue weighted by Crippen LogP contribution is 2.72. The van der Waals surface area contributed by atoms with E-state index in [9.17, 15) is 9.90 Å². The number of rotatable bonds is 5. The van der Waals surface area contributed by atoms with Crippen LogP contribution < -0.4 is 4.90 Å². The van der Waals surface area contributed by atoms with Crippen LogP contribution in [0.3, 0.4) is 0 Å². The van der Waals surface area contributed by atoms with Gasteiger partial charge in [-0.2, -0.15) is 0 Å². The number of carboxylic acid groups (broad SMARTS) is 1. The maximum Gasteiger partial charge on any atom is 0.310 e. The Kier molecular flexibility index (Phi) is 4.62. The van der Waals surface area contributed by atoms with Crippen molar-refractivity contribution < 1.29 is 9.90 Å². The molecule has 1 aliphatic carbocycles. The van der Waals surface area contributed by atoms with Crippen LogP contribution in [0.25, 0.3) is 0 Å². The van der Waals surface area contributed by atoms with E-state index >= 15 is 0 Å². The summed E-state index contributed by atoms with van der Waals surface area (Å²) in [5, 5.41) is 10.2. The minimum absolute atomic E-state index is 0.0418. The Bertz CT molecular complexity index is 899. The fourth-order valence-electron chi connectivity index (χ4n) is 6.08. The summed E-state index contributed by atoms with van der Waals surface area (Å²) in [5.41, 5.74) is 2.88. The van der Waals surface area contributed by atoms with Crippen LogP contribution in [-0.4, -0.2) is 48.2 Å². The third-order valence-corrected chi connectivity index (χ3v) is 7.66. The van der Waals surface area contributed by atoms with Gasteiger partial charge in [-0.3, -0.25) is 9.69 Å². The van der Waals surface area contributed by atoms with Crippen LogP contribution in [0.2, 0.25) is 0 Å². The molecule has 3 fully saturated rings. The van der Waals surface area contributed by atoms with Crippen molar-refractivity contribution in [3.63, 3.8) is 0 Å². The van der Waals surface area contributed by atoms with E-state index in [1.54, 1.807) is 0 Å². The molecular weight excluding hydrogens is 360 g/mol. The SMILES string of the molecule is CCC1(C(=O)O)C(c2ccccc2)C1c1cccc(N2CCN3CCCC3C2)c1. The van der Waals surface area contributed by atoms with Crippen LogP contribution in [-0.2, 0) is 4.79 Å². The summed E-state index contributed by atoms with van der Waals surface area (Å²) in [6.07, 6.45) is 3.27. The summed E-state index contributed by atoms with van der Waals surface area (Å²) in [4.78, 5) is 17.5. The molecule has 0 bridgehead atoms. The first-order chi connectivity index (χ1) is 14.1. The van der Waals surface area contributed by atoms with Crippen LogP contribution in [0, 0.1) is 5.41 Å². The fraction of sp³-hybridized carbons (Fsp3) is 0.480. The summed E-state index contributed by atoms with van der Waals surface area (Å²) in [6.45, 7) is 6.56. The van der Waals surface area contributed by atoms with Crippen molar-refractivity contribution in [3.05, 3.63) is 65.7 Å². The van der Waals surface area contributed by atoms with Gasteiger partial charge in [-0.15, -0.1) is 0 Å². The Morgan fingerprint density at radius 2 is 1.79 bits per heavy atom. The van der Waals surface area contributed by atoms with E-state index in [1.165, 1.54) is 30.6 Å². The zero-order valence-corrected chi connectivity index (χ0v) is 17.1. The monoisotopic (exact) mass is 390 g/mol. The Morgan fingerprint density at radius 3 is 2.55 bits per heavy atom. The lowest BCUT2D eigenvalue weighted by molar-refractivity contribution is -0.143. The molecule has 4 heteroatoms. The molecule has 2 saturated heterocycles.